The number of nitriles is 1. The van der Waals surface area contributed by atoms with Crippen molar-refractivity contribution in [3.8, 4) is 6.07 Å². The Hall–Kier alpha value is -0.810. The van der Waals surface area contributed by atoms with Crippen LogP contribution in [0.3, 0.4) is 0 Å². The molecule has 0 fully saturated rings. The van der Waals surface area contributed by atoms with Crippen LogP contribution in [0.25, 0.3) is 0 Å². The number of rotatable bonds is 6. The van der Waals surface area contributed by atoms with Crippen LogP contribution in [0.5, 0.6) is 0 Å². The molecule has 0 rings (SSSR count). The highest BCUT2D eigenvalue weighted by molar-refractivity contribution is 4.91. The lowest BCUT2D eigenvalue weighted by molar-refractivity contribution is 0.422. The Morgan fingerprint density at radius 1 is 1.62 bits per heavy atom. The minimum atomic E-state index is -0.181. The summed E-state index contributed by atoms with van der Waals surface area (Å²) in [6.07, 6.45) is 3.87. The van der Waals surface area contributed by atoms with E-state index in [1.165, 1.54) is 0 Å². The van der Waals surface area contributed by atoms with E-state index in [2.05, 4.69) is 24.9 Å². The molecule has 0 amide bonds. The van der Waals surface area contributed by atoms with Gasteiger partial charge in [0.25, 0.3) is 0 Å². The van der Waals surface area contributed by atoms with Gasteiger partial charge in [0.2, 0.25) is 0 Å². The molecule has 74 valence electrons. The Balaban J connectivity index is 3.47. The van der Waals surface area contributed by atoms with Crippen LogP contribution >= 0.6 is 0 Å². The van der Waals surface area contributed by atoms with E-state index in [0.717, 1.165) is 19.4 Å². The summed E-state index contributed by atoms with van der Waals surface area (Å²) in [5.74, 6) is 0. The standard InChI is InChI=1S/C11H20N2/c1-5-10(2)13-8-6-7-11(3,4)9-12/h5,10,13H,1,6-8H2,2-4H3. The third-order valence-corrected chi connectivity index (χ3v) is 2.10. The average Bonchev–Trinajstić information content (AvgIpc) is 2.12. The molecule has 0 aliphatic carbocycles. The van der Waals surface area contributed by atoms with Gasteiger partial charge in [-0.2, -0.15) is 5.26 Å². The molecule has 0 heterocycles. The second kappa shape index (κ2) is 5.77. The fourth-order valence-electron chi connectivity index (χ4n) is 0.999. The first kappa shape index (κ1) is 12.2. The summed E-state index contributed by atoms with van der Waals surface area (Å²) in [7, 11) is 0. The van der Waals surface area contributed by atoms with Gasteiger partial charge in [-0.25, -0.2) is 0 Å². The Bertz CT molecular complexity index is 189. The highest BCUT2D eigenvalue weighted by Gasteiger charge is 2.15. The van der Waals surface area contributed by atoms with Crippen molar-refractivity contribution < 1.29 is 0 Å². The molecule has 1 unspecified atom stereocenters. The van der Waals surface area contributed by atoms with Crippen LogP contribution in [0.1, 0.15) is 33.6 Å². The normalized spacial score (nSPS) is 13.4. The molecule has 2 nitrogen and oxygen atoms in total. The molecule has 0 aliphatic rings. The maximum absolute atomic E-state index is 8.76. The molecule has 0 bridgehead atoms. The third kappa shape index (κ3) is 6.36. The van der Waals surface area contributed by atoms with Gasteiger partial charge in [0.1, 0.15) is 0 Å². The van der Waals surface area contributed by atoms with Gasteiger partial charge in [-0.1, -0.05) is 6.08 Å². The average molecular weight is 180 g/mol. The molecule has 0 saturated heterocycles. The number of hydrogen-bond acceptors (Lipinski definition) is 2. The molecule has 0 aliphatic heterocycles. The van der Waals surface area contributed by atoms with E-state index in [0.29, 0.717) is 6.04 Å². The zero-order valence-corrected chi connectivity index (χ0v) is 8.93. The van der Waals surface area contributed by atoms with Gasteiger partial charge in [-0.3, -0.25) is 0 Å². The summed E-state index contributed by atoms with van der Waals surface area (Å²) in [5, 5.41) is 12.1. The Kier molecular flexibility index (Phi) is 5.41. The molecule has 0 aromatic carbocycles. The van der Waals surface area contributed by atoms with E-state index in [-0.39, 0.29) is 5.41 Å². The predicted octanol–water partition coefficient (Wildman–Crippen LogP) is 2.48. The lowest BCUT2D eigenvalue weighted by Crippen LogP contribution is -2.25. The Morgan fingerprint density at radius 3 is 2.69 bits per heavy atom. The first-order valence-corrected chi connectivity index (χ1v) is 4.79. The smallest absolute Gasteiger partial charge is 0.0683 e. The van der Waals surface area contributed by atoms with Crippen molar-refractivity contribution in [3.63, 3.8) is 0 Å². The molecular weight excluding hydrogens is 160 g/mol. The summed E-state index contributed by atoms with van der Waals surface area (Å²) in [4.78, 5) is 0. The number of nitrogens with one attached hydrogen (secondary N) is 1. The zero-order valence-electron chi connectivity index (χ0n) is 8.93. The second-order valence-corrected chi connectivity index (χ2v) is 4.08. The molecule has 0 aromatic heterocycles. The highest BCUT2D eigenvalue weighted by Crippen LogP contribution is 2.19. The quantitative estimate of drug-likeness (QED) is 0.503. The second-order valence-electron chi connectivity index (χ2n) is 4.08. The van der Waals surface area contributed by atoms with Crippen LogP contribution < -0.4 is 5.32 Å². The summed E-state index contributed by atoms with van der Waals surface area (Å²) >= 11 is 0. The largest absolute Gasteiger partial charge is 0.311 e. The predicted molar refractivity (Wildman–Crippen MR) is 56.3 cm³/mol. The lowest BCUT2D eigenvalue weighted by Gasteiger charge is -2.15. The van der Waals surface area contributed by atoms with Gasteiger partial charge < -0.3 is 5.32 Å². The zero-order chi connectivity index (χ0) is 10.3. The van der Waals surface area contributed by atoms with Gasteiger partial charge in [0, 0.05) is 6.04 Å². The molecule has 1 atom stereocenters. The SMILES string of the molecule is C=CC(C)NCCCC(C)(C)C#N. The molecule has 0 radical (unpaired) electrons. The fraction of sp³-hybridized carbons (Fsp3) is 0.727. The van der Waals surface area contributed by atoms with Crippen LogP contribution in [0.15, 0.2) is 12.7 Å². The van der Waals surface area contributed by atoms with Gasteiger partial charge in [0.05, 0.1) is 11.5 Å². The monoisotopic (exact) mass is 180 g/mol. The fourth-order valence-corrected chi connectivity index (χ4v) is 0.999. The lowest BCUT2D eigenvalue weighted by atomic mass is 9.90. The number of hydrogen-bond donors (Lipinski definition) is 1. The van der Waals surface area contributed by atoms with Crippen LogP contribution in [-0.2, 0) is 0 Å². The van der Waals surface area contributed by atoms with Crippen LogP contribution in [-0.4, -0.2) is 12.6 Å². The van der Waals surface area contributed by atoms with E-state index in [9.17, 15) is 0 Å². The summed E-state index contributed by atoms with van der Waals surface area (Å²) in [6.45, 7) is 10.7. The third-order valence-electron chi connectivity index (χ3n) is 2.10. The van der Waals surface area contributed by atoms with E-state index >= 15 is 0 Å². The minimum Gasteiger partial charge on any atom is -0.311 e. The summed E-state index contributed by atoms with van der Waals surface area (Å²) in [6, 6.07) is 2.66. The summed E-state index contributed by atoms with van der Waals surface area (Å²) < 4.78 is 0. The van der Waals surface area contributed by atoms with Gasteiger partial charge in [-0.05, 0) is 40.2 Å². The van der Waals surface area contributed by atoms with Gasteiger partial charge in [0.15, 0.2) is 0 Å². The van der Waals surface area contributed by atoms with Gasteiger partial charge in [-0.15, -0.1) is 6.58 Å². The molecule has 2 heteroatoms. The first-order valence-electron chi connectivity index (χ1n) is 4.79. The van der Waals surface area contributed by atoms with E-state index in [4.69, 9.17) is 5.26 Å². The topological polar surface area (TPSA) is 35.8 Å². The molecule has 0 saturated carbocycles. The van der Waals surface area contributed by atoms with Crippen molar-refractivity contribution >= 4 is 0 Å². The van der Waals surface area contributed by atoms with Crippen molar-refractivity contribution in [2.75, 3.05) is 6.54 Å². The molecular formula is C11H20N2. The molecule has 0 spiro atoms. The van der Waals surface area contributed by atoms with Crippen molar-refractivity contribution in [2.45, 2.75) is 39.7 Å². The first-order chi connectivity index (χ1) is 6.02. The van der Waals surface area contributed by atoms with Crippen LogP contribution in [0.4, 0.5) is 0 Å². The molecule has 13 heavy (non-hydrogen) atoms. The van der Waals surface area contributed by atoms with Crippen LogP contribution in [0, 0.1) is 16.7 Å². The van der Waals surface area contributed by atoms with Crippen molar-refractivity contribution in [1.82, 2.24) is 5.32 Å². The van der Waals surface area contributed by atoms with Crippen molar-refractivity contribution in [2.24, 2.45) is 5.41 Å². The maximum atomic E-state index is 8.76. The Morgan fingerprint density at radius 2 is 2.23 bits per heavy atom. The summed E-state index contributed by atoms with van der Waals surface area (Å²) in [5.41, 5.74) is -0.181. The Labute approximate surface area is 81.6 Å². The highest BCUT2D eigenvalue weighted by atomic mass is 14.9. The molecule has 0 aromatic rings. The maximum Gasteiger partial charge on any atom is 0.0683 e. The van der Waals surface area contributed by atoms with Crippen LogP contribution in [0.2, 0.25) is 0 Å². The van der Waals surface area contributed by atoms with E-state index in [1.54, 1.807) is 0 Å². The molecule has 1 N–H and O–H groups in total. The van der Waals surface area contributed by atoms with E-state index < -0.39 is 0 Å². The minimum absolute atomic E-state index is 0.181. The van der Waals surface area contributed by atoms with Crippen molar-refractivity contribution in [3.05, 3.63) is 12.7 Å². The van der Waals surface area contributed by atoms with E-state index in [1.807, 2.05) is 19.9 Å². The van der Waals surface area contributed by atoms with Gasteiger partial charge >= 0.3 is 0 Å². The van der Waals surface area contributed by atoms with Crippen molar-refractivity contribution in [1.29, 1.82) is 5.26 Å². The number of nitrogens with zero attached hydrogens (tertiary/aromatic N) is 1.